The fourth-order valence-corrected chi connectivity index (χ4v) is 5.93. The number of rotatable bonds is 3. The number of aromatic nitrogens is 2. The van der Waals surface area contributed by atoms with E-state index in [9.17, 15) is 0 Å². The van der Waals surface area contributed by atoms with Crippen LogP contribution in [0, 0.1) is 0 Å². The molecule has 0 aliphatic carbocycles. The van der Waals surface area contributed by atoms with Crippen molar-refractivity contribution in [2.75, 3.05) is 0 Å². The third-order valence-electron chi connectivity index (χ3n) is 6.50. The van der Waals surface area contributed by atoms with E-state index in [1.807, 2.05) is 18.2 Å². The van der Waals surface area contributed by atoms with Crippen molar-refractivity contribution in [3.8, 4) is 33.8 Å². The Morgan fingerprint density at radius 2 is 1.17 bits per heavy atom. The van der Waals surface area contributed by atoms with Crippen molar-refractivity contribution in [1.82, 2.24) is 9.97 Å². The molecule has 0 saturated heterocycles. The average Bonchev–Trinajstić information content (AvgIpc) is 3.33. The predicted octanol–water partition coefficient (Wildman–Crippen LogP) is 9.00. The molecule has 0 fully saturated rings. The second kappa shape index (κ2) is 8.15. The highest BCUT2D eigenvalue weighted by atomic mass is 32.1. The fourth-order valence-electron chi connectivity index (χ4n) is 4.84. The quantitative estimate of drug-likeness (QED) is 0.261. The second-order valence-electron chi connectivity index (χ2n) is 8.65. The van der Waals surface area contributed by atoms with Gasteiger partial charge in [0.2, 0.25) is 0 Å². The van der Waals surface area contributed by atoms with Gasteiger partial charge in [-0.05, 0) is 34.0 Å². The highest BCUT2D eigenvalue weighted by molar-refractivity contribution is 7.25. The second-order valence-corrected chi connectivity index (χ2v) is 9.68. The van der Waals surface area contributed by atoms with Gasteiger partial charge in [-0.2, -0.15) is 0 Å². The maximum atomic E-state index is 5.20. The molecule has 0 bridgehead atoms. The van der Waals surface area contributed by atoms with Crippen LogP contribution in [0.15, 0.2) is 121 Å². The van der Waals surface area contributed by atoms with E-state index < -0.39 is 0 Å². The van der Waals surface area contributed by atoms with E-state index >= 15 is 0 Å². The molecule has 0 spiro atoms. The summed E-state index contributed by atoms with van der Waals surface area (Å²) in [6.07, 6.45) is 0. The number of nitrogens with zero attached hydrogens (tertiary/aromatic N) is 2. The summed E-state index contributed by atoms with van der Waals surface area (Å²) in [4.78, 5) is 11.3. The van der Waals surface area contributed by atoms with E-state index in [1.165, 1.54) is 32.0 Å². The van der Waals surface area contributed by atoms with Crippen molar-refractivity contribution in [2.24, 2.45) is 0 Å². The molecule has 0 saturated carbocycles. The zero-order valence-electron chi connectivity index (χ0n) is 18.8. The highest BCUT2D eigenvalue weighted by Crippen LogP contribution is 2.43. The van der Waals surface area contributed by atoms with Crippen LogP contribution in [0.2, 0.25) is 0 Å². The molecule has 7 aromatic rings. The molecule has 0 unspecified atom stereocenters. The molecule has 0 aliphatic rings. The Labute approximate surface area is 207 Å². The molecule has 0 atom stereocenters. The van der Waals surface area contributed by atoms with Crippen molar-refractivity contribution in [1.29, 1.82) is 0 Å². The van der Waals surface area contributed by atoms with Crippen LogP contribution < -0.4 is 0 Å². The summed E-state index contributed by atoms with van der Waals surface area (Å²) < 4.78 is 1.23. The van der Waals surface area contributed by atoms with Gasteiger partial charge in [0, 0.05) is 26.6 Å². The molecule has 0 radical (unpaired) electrons. The molecule has 35 heavy (non-hydrogen) atoms. The van der Waals surface area contributed by atoms with Crippen LogP contribution in [0.25, 0.3) is 64.8 Å². The summed E-state index contributed by atoms with van der Waals surface area (Å²) >= 11 is 1.74. The van der Waals surface area contributed by atoms with Gasteiger partial charge in [-0.3, -0.25) is 0 Å². The van der Waals surface area contributed by atoms with Crippen LogP contribution in [0.3, 0.4) is 0 Å². The van der Waals surface area contributed by atoms with Gasteiger partial charge in [0.15, 0.2) is 5.82 Å². The van der Waals surface area contributed by atoms with E-state index in [4.69, 9.17) is 9.97 Å². The van der Waals surface area contributed by atoms with E-state index in [0.29, 0.717) is 0 Å². The topological polar surface area (TPSA) is 25.8 Å². The minimum atomic E-state index is 0.758. The smallest absolute Gasteiger partial charge is 0.161 e. The van der Waals surface area contributed by atoms with E-state index in [0.717, 1.165) is 32.9 Å². The first kappa shape index (κ1) is 20.1. The van der Waals surface area contributed by atoms with E-state index in [-0.39, 0.29) is 0 Å². The van der Waals surface area contributed by atoms with Gasteiger partial charge in [0.25, 0.3) is 0 Å². The number of hydrogen-bond acceptors (Lipinski definition) is 3. The predicted molar refractivity (Wildman–Crippen MR) is 149 cm³/mol. The molecule has 5 aromatic carbocycles. The molecule has 164 valence electrons. The van der Waals surface area contributed by atoms with Crippen LogP contribution in [0.1, 0.15) is 0 Å². The number of thiophene rings is 1. The van der Waals surface area contributed by atoms with Crippen LogP contribution in [0.4, 0.5) is 0 Å². The van der Waals surface area contributed by atoms with Crippen LogP contribution >= 0.6 is 11.3 Å². The third-order valence-corrected chi connectivity index (χ3v) is 7.55. The summed E-state index contributed by atoms with van der Waals surface area (Å²) in [5, 5.41) is 4.85. The molecule has 0 amide bonds. The van der Waals surface area contributed by atoms with Gasteiger partial charge in [-0.1, -0.05) is 109 Å². The maximum Gasteiger partial charge on any atom is 0.161 e. The van der Waals surface area contributed by atoms with Gasteiger partial charge in [0.05, 0.1) is 5.69 Å². The molecule has 0 aliphatic heterocycles. The molecule has 7 rings (SSSR count). The summed E-state index contributed by atoms with van der Waals surface area (Å²) in [6, 6.07) is 42.5. The fraction of sp³-hybridized carbons (Fsp3) is 0. The third kappa shape index (κ3) is 3.40. The Kier molecular flexibility index (Phi) is 4.68. The lowest BCUT2D eigenvalue weighted by Gasteiger charge is -2.10. The van der Waals surface area contributed by atoms with Gasteiger partial charge in [0.1, 0.15) is 4.83 Å². The monoisotopic (exact) mass is 464 g/mol. The Bertz CT molecular complexity index is 1840. The van der Waals surface area contributed by atoms with Crippen LogP contribution in [-0.2, 0) is 0 Å². The van der Waals surface area contributed by atoms with E-state index in [2.05, 4.69) is 103 Å². The number of hydrogen-bond donors (Lipinski definition) is 0. The normalized spacial score (nSPS) is 11.4. The Morgan fingerprint density at radius 1 is 0.486 bits per heavy atom. The summed E-state index contributed by atoms with van der Waals surface area (Å²) in [5.41, 5.74) is 5.49. The minimum Gasteiger partial charge on any atom is -0.227 e. The van der Waals surface area contributed by atoms with Crippen molar-refractivity contribution in [3.05, 3.63) is 121 Å². The van der Waals surface area contributed by atoms with Crippen molar-refractivity contribution >= 4 is 42.4 Å². The van der Waals surface area contributed by atoms with E-state index in [1.54, 1.807) is 11.3 Å². The molecule has 3 heteroatoms. The minimum absolute atomic E-state index is 0.758. The van der Waals surface area contributed by atoms with Crippen LogP contribution in [0.5, 0.6) is 0 Å². The first-order valence-electron chi connectivity index (χ1n) is 11.7. The lowest BCUT2D eigenvalue weighted by molar-refractivity contribution is 1.24. The zero-order valence-corrected chi connectivity index (χ0v) is 19.7. The lowest BCUT2D eigenvalue weighted by Crippen LogP contribution is -1.94. The number of fused-ring (bicyclic) bond motifs is 5. The lowest BCUT2D eigenvalue weighted by atomic mass is 9.98. The average molecular weight is 465 g/mol. The van der Waals surface area contributed by atoms with Crippen molar-refractivity contribution < 1.29 is 0 Å². The Hall–Kier alpha value is -4.34. The Morgan fingerprint density at radius 3 is 2.00 bits per heavy atom. The summed E-state index contributed by atoms with van der Waals surface area (Å²) in [6.45, 7) is 0. The summed E-state index contributed by atoms with van der Waals surface area (Å²) in [7, 11) is 0. The standard InChI is InChI=1S/C32H20N2S/c1-3-10-21(11-4-1)24-15-9-16-25(20-24)30-29-28-26-17-8-7-12-22(26)18-19-27(28)35-32(29)34-31(33-30)23-13-5-2-6-14-23/h1-20H. The maximum absolute atomic E-state index is 5.20. The first-order valence-corrected chi connectivity index (χ1v) is 12.5. The molecular formula is C32H20N2S. The van der Waals surface area contributed by atoms with Gasteiger partial charge >= 0.3 is 0 Å². The molecule has 2 nitrogen and oxygen atoms in total. The van der Waals surface area contributed by atoms with Crippen molar-refractivity contribution in [2.45, 2.75) is 0 Å². The molecule has 2 heterocycles. The molecule has 0 N–H and O–H groups in total. The zero-order chi connectivity index (χ0) is 23.2. The first-order chi connectivity index (χ1) is 17.3. The molecule has 2 aromatic heterocycles. The molecular weight excluding hydrogens is 444 g/mol. The SMILES string of the molecule is c1ccc(-c2cccc(-c3nc(-c4ccccc4)nc4sc5ccc6ccccc6c5c34)c2)cc1. The van der Waals surface area contributed by atoms with Gasteiger partial charge in [-0.15, -0.1) is 11.3 Å². The van der Waals surface area contributed by atoms with Gasteiger partial charge < -0.3 is 0 Å². The van der Waals surface area contributed by atoms with Crippen molar-refractivity contribution in [3.63, 3.8) is 0 Å². The van der Waals surface area contributed by atoms with Gasteiger partial charge in [-0.25, -0.2) is 9.97 Å². The van der Waals surface area contributed by atoms with Crippen LogP contribution in [-0.4, -0.2) is 9.97 Å². The number of benzene rings is 5. The largest absolute Gasteiger partial charge is 0.227 e. The Balaban J connectivity index is 1.58. The highest BCUT2D eigenvalue weighted by Gasteiger charge is 2.18. The summed E-state index contributed by atoms with van der Waals surface area (Å²) in [5.74, 6) is 0.758.